The molecular weight excluding hydrogens is 318 g/mol. The van der Waals surface area contributed by atoms with Gasteiger partial charge in [0.25, 0.3) is 0 Å². The van der Waals surface area contributed by atoms with Crippen molar-refractivity contribution in [3.05, 3.63) is 65.7 Å². The monoisotopic (exact) mass is 341 g/mol. The molecule has 0 bridgehead atoms. The molecule has 2 aromatic carbocycles. The fourth-order valence-corrected chi connectivity index (χ4v) is 2.34. The van der Waals surface area contributed by atoms with Crippen LogP contribution in [0.1, 0.15) is 24.0 Å². The summed E-state index contributed by atoms with van der Waals surface area (Å²) in [5.74, 6) is -0.434. The average molecular weight is 341 g/mol. The lowest BCUT2D eigenvalue weighted by atomic mass is 10.1. The Morgan fingerprint density at radius 3 is 2.48 bits per heavy atom. The number of benzene rings is 2. The number of hydrogen-bond acceptors (Lipinski definition) is 4. The summed E-state index contributed by atoms with van der Waals surface area (Å²) in [5.41, 5.74) is 2.50. The highest BCUT2D eigenvalue weighted by Crippen LogP contribution is 2.16. The molecule has 0 aliphatic carbocycles. The highest BCUT2D eigenvalue weighted by molar-refractivity contribution is 5.92. The van der Waals surface area contributed by atoms with E-state index in [1.807, 2.05) is 42.5 Å². The van der Waals surface area contributed by atoms with E-state index >= 15 is 0 Å². The van der Waals surface area contributed by atoms with Crippen molar-refractivity contribution in [1.29, 1.82) is 0 Å². The Morgan fingerprint density at radius 2 is 1.72 bits per heavy atom. The van der Waals surface area contributed by atoms with E-state index in [4.69, 9.17) is 4.74 Å². The van der Waals surface area contributed by atoms with E-state index in [1.165, 1.54) is 7.11 Å². The van der Waals surface area contributed by atoms with Crippen LogP contribution in [0.3, 0.4) is 0 Å². The number of anilines is 1. The third kappa shape index (κ3) is 6.77. The predicted octanol–water partition coefficient (Wildman–Crippen LogP) is 3.34. The van der Waals surface area contributed by atoms with Gasteiger partial charge in [-0.15, -0.1) is 0 Å². The number of ether oxygens (including phenoxy) is 2. The number of amides is 1. The summed E-state index contributed by atoms with van der Waals surface area (Å²) in [6, 6.07) is 17.1. The molecule has 25 heavy (non-hydrogen) atoms. The van der Waals surface area contributed by atoms with Gasteiger partial charge in [-0.3, -0.25) is 9.59 Å². The van der Waals surface area contributed by atoms with Crippen molar-refractivity contribution in [1.82, 2.24) is 0 Å². The molecule has 1 amide bonds. The molecule has 0 saturated heterocycles. The van der Waals surface area contributed by atoms with Crippen LogP contribution in [-0.4, -0.2) is 25.6 Å². The van der Waals surface area contributed by atoms with Crippen molar-refractivity contribution in [2.75, 3.05) is 19.0 Å². The number of carbonyl (C=O) groups is 2. The molecule has 2 rings (SSSR count). The van der Waals surface area contributed by atoms with Gasteiger partial charge in [0.1, 0.15) is 0 Å². The van der Waals surface area contributed by atoms with E-state index in [0.29, 0.717) is 31.7 Å². The molecule has 132 valence electrons. The number of rotatable bonds is 9. The van der Waals surface area contributed by atoms with Gasteiger partial charge in [0, 0.05) is 18.7 Å². The molecule has 1 N–H and O–H groups in total. The van der Waals surface area contributed by atoms with E-state index in [9.17, 15) is 9.59 Å². The number of methoxy groups -OCH3 is 1. The summed E-state index contributed by atoms with van der Waals surface area (Å²) < 4.78 is 10.2. The lowest BCUT2D eigenvalue weighted by Gasteiger charge is -2.10. The van der Waals surface area contributed by atoms with Gasteiger partial charge < -0.3 is 14.8 Å². The molecule has 2 aromatic rings. The summed E-state index contributed by atoms with van der Waals surface area (Å²) >= 11 is 0. The Labute approximate surface area is 148 Å². The number of carbonyl (C=O) groups excluding carboxylic acids is 2. The van der Waals surface area contributed by atoms with Gasteiger partial charge in [-0.1, -0.05) is 48.5 Å². The van der Waals surface area contributed by atoms with Crippen molar-refractivity contribution in [3.63, 3.8) is 0 Å². The summed E-state index contributed by atoms with van der Waals surface area (Å²) in [4.78, 5) is 23.5. The van der Waals surface area contributed by atoms with Gasteiger partial charge in [-0.2, -0.15) is 0 Å². The summed E-state index contributed by atoms with van der Waals surface area (Å²) in [6.07, 6.45) is 1.13. The first-order valence-corrected chi connectivity index (χ1v) is 8.25. The third-order valence-corrected chi connectivity index (χ3v) is 3.66. The minimum atomic E-state index is -0.337. The van der Waals surface area contributed by atoms with Crippen LogP contribution in [0.4, 0.5) is 5.69 Å². The molecule has 0 aromatic heterocycles. The Balaban J connectivity index is 1.72. The lowest BCUT2D eigenvalue weighted by molar-refractivity contribution is -0.139. The SMILES string of the molecule is COC(=O)Cc1ccccc1NC(=O)CCCOCc1ccccc1. The van der Waals surface area contributed by atoms with Crippen molar-refractivity contribution < 1.29 is 19.1 Å². The van der Waals surface area contributed by atoms with Crippen LogP contribution >= 0.6 is 0 Å². The Morgan fingerprint density at radius 1 is 1.00 bits per heavy atom. The Kier molecular flexibility index (Phi) is 7.66. The van der Waals surface area contributed by atoms with Crippen LogP contribution in [-0.2, 0) is 32.1 Å². The fraction of sp³-hybridized carbons (Fsp3) is 0.300. The third-order valence-electron chi connectivity index (χ3n) is 3.66. The van der Waals surface area contributed by atoms with Crippen molar-refractivity contribution >= 4 is 17.6 Å². The largest absolute Gasteiger partial charge is 0.469 e. The summed E-state index contributed by atoms with van der Waals surface area (Å²) in [7, 11) is 1.35. The molecule has 0 fully saturated rings. The zero-order chi connectivity index (χ0) is 17.9. The van der Waals surface area contributed by atoms with Crippen LogP contribution in [0.15, 0.2) is 54.6 Å². The molecule has 5 heteroatoms. The van der Waals surface area contributed by atoms with E-state index in [0.717, 1.165) is 11.1 Å². The maximum absolute atomic E-state index is 12.1. The second-order valence-corrected chi connectivity index (χ2v) is 5.60. The van der Waals surface area contributed by atoms with E-state index in [2.05, 4.69) is 10.1 Å². The summed E-state index contributed by atoms with van der Waals surface area (Å²) in [6.45, 7) is 1.07. The van der Waals surface area contributed by atoms with Crippen molar-refractivity contribution in [3.8, 4) is 0 Å². The van der Waals surface area contributed by atoms with Crippen LogP contribution in [0, 0.1) is 0 Å². The molecule has 0 heterocycles. The Bertz CT molecular complexity index is 685. The summed E-state index contributed by atoms with van der Waals surface area (Å²) in [5, 5.41) is 2.85. The van der Waals surface area contributed by atoms with Gasteiger partial charge in [0.15, 0.2) is 0 Å². The first-order valence-electron chi connectivity index (χ1n) is 8.25. The zero-order valence-electron chi connectivity index (χ0n) is 14.4. The van der Waals surface area contributed by atoms with E-state index in [-0.39, 0.29) is 18.3 Å². The molecular formula is C20H23NO4. The van der Waals surface area contributed by atoms with Crippen LogP contribution in [0.25, 0.3) is 0 Å². The number of nitrogens with one attached hydrogen (secondary N) is 1. The zero-order valence-corrected chi connectivity index (χ0v) is 14.4. The normalized spacial score (nSPS) is 10.3. The topological polar surface area (TPSA) is 64.6 Å². The number of esters is 1. The second-order valence-electron chi connectivity index (χ2n) is 5.60. The highest BCUT2D eigenvalue weighted by atomic mass is 16.5. The first-order chi connectivity index (χ1) is 12.2. The molecule has 0 atom stereocenters. The highest BCUT2D eigenvalue weighted by Gasteiger charge is 2.10. The lowest BCUT2D eigenvalue weighted by Crippen LogP contribution is -2.15. The molecule has 0 saturated carbocycles. The maximum Gasteiger partial charge on any atom is 0.310 e. The minimum absolute atomic E-state index is 0.0966. The smallest absolute Gasteiger partial charge is 0.310 e. The molecule has 0 unspecified atom stereocenters. The van der Waals surface area contributed by atoms with Crippen molar-refractivity contribution in [2.45, 2.75) is 25.9 Å². The second kappa shape index (κ2) is 10.3. The number of hydrogen-bond donors (Lipinski definition) is 1. The van der Waals surface area contributed by atoms with Gasteiger partial charge in [0.05, 0.1) is 20.1 Å². The number of para-hydroxylation sites is 1. The van der Waals surface area contributed by atoms with Crippen LogP contribution in [0.2, 0.25) is 0 Å². The van der Waals surface area contributed by atoms with Gasteiger partial charge >= 0.3 is 5.97 Å². The Hall–Kier alpha value is -2.66. The van der Waals surface area contributed by atoms with Gasteiger partial charge in [-0.05, 0) is 23.6 Å². The quantitative estimate of drug-likeness (QED) is 0.561. The fourth-order valence-electron chi connectivity index (χ4n) is 2.34. The predicted molar refractivity (Wildman–Crippen MR) is 96.1 cm³/mol. The van der Waals surface area contributed by atoms with Crippen LogP contribution in [0.5, 0.6) is 0 Å². The molecule has 0 radical (unpaired) electrons. The first kappa shape index (κ1) is 18.7. The van der Waals surface area contributed by atoms with Crippen LogP contribution < -0.4 is 5.32 Å². The molecule has 0 aliphatic heterocycles. The molecule has 0 aliphatic rings. The standard InChI is InChI=1S/C20H23NO4/c1-24-20(23)14-17-10-5-6-11-18(17)21-19(22)12-7-13-25-15-16-8-3-2-4-9-16/h2-6,8-11H,7,12-15H2,1H3,(H,21,22). The van der Waals surface area contributed by atoms with Gasteiger partial charge in [0.2, 0.25) is 5.91 Å². The molecule has 5 nitrogen and oxygen atoms in total. The minimum Gasteiger partial charge on any atom is -0.469 e. The average Bonchev–Trinajstić information content (AvgIpc) is 2.64. The molecule has 0 spiro atoms. The maximum atomic E-state index is 12.1. The van der Waals surface area contributed by atoms with Gasteiger partial charge in [-0.25, -0.2) is 0 Å². The van der Waals surface area contributed by atoms with E-state index < -0.39 is 0 Å². The van der Waals surface area contributed by atoms with E-state index in [1.54, 1.807) is 12.1 Å². The van der Waals surface area contributed by atoms with Crippen molar-refractivity contribution in [2.24, 2.45) is 0 Å².